The molecule has 2 aromatic rings. The normalized spacial score (nSPS) is 26.0. The zero-order chi connectivity index (χ0) is 30.3. The van der Waals surface area contributed by atoms with Crippen molar-refractivity contribution < 1.29 is 39.2 Å². The first-order valence-corrected chi connectivity index (χ1v) is 14.5. The number of carbonyl (C=O) groups excluding carboxylic acids is 2. The van der Waals surface area contributed by atoms with Crippen LogP contribution in [0.5, 0.6) is 5.75 Å². The molecule has 2 amide bonds. The second-order valence-corrected chi connectivity index (χ2v) is 12.2. The van der Waals surface area contributed by atoms with E-state index in [2.05, 4.69) is 5.32 Å². The number of fused-ring (bicyclic) bond motifs is 1. The summed E-state index contributed by atoms with van der Waals surface area (Å²) in [7, 11) is 1.58. The van der Waals surface area contributed by atoms with Gasteiger partial charge in [-0.25, -0.2) is 9.59 Å². The number of ether oxygens (including phenoxy) is 1. The molecule has 0 aliphatic carbocycles. The quantitative estimate of drug-likeness (QED) is 0.301. The fourth-order valence-electron chi connectivity index (χ4n) is 6.26. The Hall–Kier alpha value is -3.87. The Morgan fingerprint density at radius 1 is 1.12 bits per heavy atom. The molecule has 3 aliphatic rings. The number of thioether (sulfide) groups is 1. The molecular weight excluding hydrogens is 562 g/mol. The Kier molecular flexibility index (Phi) is 8.31. The van der Waals surface area contributed by atoms with Gasteiger partial charge in [0.1, 0.15) is 11.4 Å². The molecule has 42 heavy (non-hydrogen) atoms. The maximum absolute atomic E-state index is 13.6. The third kappa shape index (κ3) is 5.37. The van der Waals surface area contributed by atoms with E-state index in [1.807, 2.05) is 36.1 Å². The second-order valence-electron chi connectivity index (χ2n) is 10.9. The number of hydrogen-bond acceptors (Lipinski definition) is 8. The summed E-state index contributed by atoms with van der Waals surface area (Å²) in [6.07, 6.45) is -0.498. The van der Waals surface area contributed by atoms with Crippen LogP contribution in [-0.2, 0) is 20.9 Å². The number of carboxylic acid groups (broad SMARTS) is 2. The average molecular weight is 596 g/mol. The highest BCUT2D eigenvalue weighted by Gasteiger charge is 2.60. The highest BCUT2D eigenvalue weighted by Crippen LogP contribution is 2.52. The molecule has 0 bridgehead atoms. The lowest BCUT2D eigenvalue weighted by Crippen LogP contribution is -2.63. The number of carboxylic acids is 2. The number of nitrogens with one attached hydrogen (secondary N) is 1. The predicted molar refractivity (Wildman–Crippen MR) is 155 cm³/mol. The molecule has 2 saturated heterocycles. The largest absolute Gasteiger partial charge is 0.496 e. The molecule has 4 N–H and O–H groups in total. The lowest BCUT2D eigenvalue weighted by Gasteiger charge is -2.46. The number of carbonyl (C=O) groups is 4. The van der Waals surface area contributed by atoms with E-state index in [0.717, 1.165) is 5.56 Å². The Bertz CT molecular complexity index is 1460. The number of rotatable bonds is 10. The standard InChI is InChI=1S/C30H33N3O8S/c1-15-24-23(16(2)34)28(36)33(24)25(30(39)40)26(15)42-20-12-21(27(35)31-19-9-6-8-17(11-19)29(37)38)32(14-20)13-18-7-4-5-10-22(18)41-3/h4-11,15-16,20-21,23-24,34H,12-14H2,1-3H3,(H,31,35)(H,37,38)(H,39,40)/t15-,16-,20+,21+,23-,24-/m1/s1. The van der Waals surface area contributed by atoms with E-state index in [0.29, 0.717) is 35.9 Å². The predicted octanol–water partition coefficient (Wildman–Crippen LogP) is 2.86. The molecule has 222 valence electrons. The summed E-state index contributed by atoms with van der Waals surface area (Å²) in [5.74, 6) is -3.26. The Labute approximate surface area is 247 Å². The molecule has 3 heterocycles. The van der Waals surface area contributed by atoms with Crippen molar-refractivity contribution in [2.75, 3.05) is 19.0 Å². The van der Waals surface area contributed by atoms with Crippen molar-refractivity contribution in [1.82, 2.24) is 9.80 Å². The summed E-state index contributed by atoms with van der Waals surface area (Å²) in [4.78, 5) is 54.0. The van der Waals surface area contributed by atoms with Crippen LogP contribution in [0.3, 0.4) is 0 Å². The van der Waals surface area contributed by atoms with E-state index in [4.69, 9.17) is 4.74 Å². The van der Waals surface area contributed by atoms with Gasteiger partial charge < -0.3 is 30.3 Å². The smallest absolute Gasteiger partial charge is 0.353 e. The maximum atomic E-state index is 13.6. The Balaban J connectivity index is 1.41. The van der Waals surface area contributed by atoms with Crippen molar-refractivity contribution in [1.29, 1.82) is 0 Å². The number of anilines is 1. The molecule has 11 nitrogen and oxygen atoms in total. The van der Waals surface area contributed by atoms with Gasteiger partial charge in [0.25, 0.3) is 0 Å². The molecule has 0 unspecified atom stereocenters. The SMILES string of the molecule is COc1ccccc1CN1C[C@@H](SC2=C(C(=O)O)N3C(=O)[C@H]([C@@H](C)O)[C@H]3[C@H]2C)C[C@H]1C(=O)Nc1cccc(C(=O)O)c1. The maximum Gasteiger partial charge on any atom is 0.353 e. The first kappa shape index (κ1) is 29.6. The molecule has 0 saturated carbocycles. The minimum absolute atomic E-state index is 0.0472. The number of β-lactam (4-membered cyclic amide) rings is 1. The van der Waals surface area contributed by atoms with Gasteiger partial charge in [-0.1, -0.05) is 31.2 Å². The minimum Gasteiger partial charge on any atom is -0.496 e. The fraction of sp³-hybridized carbons (Fsp3) is 0.400. The fourth-order valence-corrected chi connectivity index (χ4v) is 7.82. The molecular formula is C30H33N3O8S. The van der Waals surface area contributed by atoms with Crippen LogP contribution in [-0.4, -0.2) is 86.0 Å². The number of aliphatic carboxylic acids is 1. The van der Waals surface area contributed by atoms with Gasteiger partial charge in [0.15, 0.2) is 0 Å². The molecule has 6 atom stereocenters. The lowest BCUT2D eigenvalue weighted by molar-refractivity contribution is -0.163. The van der Waals surface area contributed by atoms with Gasteiger partial charge in [-0.3, -0.25) is 14.5 Å². The molecule has 2 fully saturated rings. The molecule has 0 radical (unpaired) electrons. The zero-order valence-corrected chi connectivity index (χ0v) is 24.2. The second kappa shape index (κ2) is 11.8. The van der Waals surface area contributed by atoms with Crippen LogP contribution in [0, 0.1) is 11.8 Å². The monoisotopic (exact) mass is 595 g/mol. The lowest BCUT2D eigenvalue weighted by atomic mass is 9.79. The van der Waals surface area contributed by atoms with Crippen molar-refractivity contribution in [2.24, 2.45) is 11.8 Å². The van der Waals surface area contributed by atoms with Crippen LogP contribution in [0.2, 0.25) is 0 Å². The van der Waals surface area contributed by atoms with Crippen molar-refractivity contribution in [2.45, 2.75) is 50.3 Å². The highest BCUT2D eigenvalue weighted by atomic mass is 32.2. The van der Waals surface area contributed by atoms with Crippen molar-refractivity contribution in [3.8, 4) is 5.75 Å². The topological polar surface area (TPSA) is 157 Å². The van der Waals surface area contributed by atoms with Crippen LogP contribution >= 0.6 is 11.8 Å². The Morgan fingerprint density at radius 3 is 2.52 bits per heavy atom. The van der Waals surface area contributed by atoms with E-state index in [1.165, 1.54) is 28.8 Å². The number of likely N-dealkylation sites (tertiary alicyclic amines) is 1. The van der Waals surface area contributed by atoms with Crippen LogP contribution in [0.1, 0.15) is 36.2 Å². The number of para-hydroxylation sites is 1. The third-order valence-electron chi connectivity index (χ3n) is 8.22. The van der Waals surface area contributed by atoms with E-state index in [-0.39, 0.29) is 34.2 Å². The summed E-state index contributed by atoms with van der Waals surface area (Å²) in [5.41, 5.74) is 1.25. The summed E-state index contributed by atoms with van der Waals surface area (Å²) in [6, 6.07) is 12.5. The molecule has 12 heteroatoms. The van der Waals surface area contributed by atoms with Gasteiger partial charge in [-0.2, -0.15) is 0 Å². The van der Waals surface area contributed by atoms with Gasteiger partial charge in [0.2, 0.25) is 11.8 Å². The first-order valence-electron chi connectivity index (χ1n) is 13.7. The van der Waals surface area contributed by atoms with Gasteiger partial charge in [-0.15, -0.1) is 11.8 Å². The van der Waals surface area contributed by atoms with Gasteiger partial charge in [-0.05, 0) is 37.6 Å². The van der Waals surface area contributed by atoms with Crippen LogP contribution in [0.25, 0.3) is 0 Å². The van der Waals surface area contributed by atoms with Crippen LogP contribution in [0.15, 0.2) is 59.1 Å². The summed E-state index contributed by atoms with van der Waals surface area (Å²) in [6.45, 7) is 4.27. The van der Waals surface area contributed by atoms with Crippen molar-refractivity contribution in [3.63, 3.8) is 0 Å². The van der Waals surface area contributed by atoms with Crippen LogP contribution < -0.4 is 10.1 Å². The minimum atomic E-state index is -1.19. The van der Waals surface area contributed by atoms with E-state index >= 15 is 0 Å². The van der Waals surface area contributed by atoms with Crippen molar-refractivity contribution >= 4 is 41.2 Å². The average Bonchev–Trinajstić information content (AvgIpc) is 3.45. The number of aliphatic hydroxyl groups excluding tert-OH is 1. The number of aromatic carboxylic acids is 1. The van der Waals surface area contributed by atoms with E-state index < -0.39 is 36.0 Å². The molecule has 2 aromatic carbocycles. The molecule has 3 aliphatic heterocycles. The molecule has 5 rings (SSSR count). The summed E-state index contributed by atoms with van der Waals surface area (Å²) >= 11 is 1.37. The number of nitrogens with zero attached hydrogens (tertiary/aromatic N) is 2. The van der Waals surface area contributed by atoms with E-state index in [1.54, 1.807) is 26.2 Å². The van der Waals surface area contributed by atoms with Crippen molar-refractivity contribution in [3.05, 3.63) is 70.3 Å². The number of hydrogen-bond donors (Lipinski definition) is 4. The van der Waals surface area contributed by atoms with E-state index in [9.17, 15) is 34.5 Å². The third-order valence-corrected chi connectivity index (χ3v) is 9.71. The highest BCUT2D eigenvalue weighted by molar-refractivity contribution is 8.03. The van der Waals surface area contributed by atoms with Crippen LogP contribution in [0.4, 0.5) is 5.69 Å². The Morgan fingerprint density at radius 2 is 1.86 bits per heavy atom. The molecule has 0 aromatic heterocycles. The van der Waals surface area contributed by atoms with Gasteiger partial charge >= 0.3 is 11.9 Å². The molecule has 0 spiro atoms. The zero-order valence-electron chi connectivity index (χ0n) is 23.4. The summed E-state index contributed by atoms with van der Waals surface area (Å²) < 4.78 is 5.52. The first-order chi connectivity index (χ1) is 20.0. The number of benzene rings is 2. The number of methoxy groups -OCH3 is 1. The van der Waals surface area contributed by atoms with Gasteiger partial charge in [0, 0.05) is 40.4 Å². The number of amides is 2. The van der Waals surface area contributed by atoms with Gasteiger partial charge in [0.05, 0.1) is 36.8 Å². The summed E-state index contributed by atoms with van der Waals surface area (Å²) in [5, 5.41) is 32.2. The number of aliphatic hydroxyl groups is 1.